The number of hydrogen-bond donors (Lipinski definition) is 3. The summed E-state index contributed by atoms with van der Waals surface area (Å²) in [6.07, 6.45) is 2.07. The van der Waals surface area contributed by atoms with Crippen molar-refractivity contribution >= 4 is 17.5 Å². The summed E-state index contributed by atoms with van der Waals surface area (Å²) in [6.45, 7) is 4.73. The van der Waals surface area contributed by atoms with E-state index in [-0.39, 0.29) is 30.3 Å². The Morgan fingerprint density at radius 3 is 2.58 bits per heavy atom. The second-order valence-electron chi connectivity index (χ2n) is 7.42. The first-order valence-electron chi connectivity index (χ1n) is 8.36. The first-order chi connectivity index (χ1) is 11.3. The molecule has 6 nitrogen and oxygen atoms in total. The number of fused-ring (bicyclic) bond motifs is 1. The molecular formula is C18H25N3O3. The molecule has 5 N–H and O–H groups in total. The van der Waals surface area contributed by atoms with Crippen molar-refractivity contribution in [2.45, 2.75) is 44.8 Å². The molecule has 0 radical (unpaired) electrons. The van der Waals surface area contributed by atoms with Crippen LogP contribution in [0.15, 0.2) is 24.3 Å². The molecule has 3 rings (SSSR count). The lowest BCUT2D eigenvalue weighted by atomic mass is 9.46. The molecule has 1 aromatic rings. The number of amides is 2. The normalized spacial score (nSPS) is 30.8. The van der Waals surface area contributed by atoms with Gasteiger partial charge >= 0.3 is 0 Å². The molecule has 0 bridgehead atoms. The molecule has 1 aliphatic carbocycles. The molecule has 24 heavy (non-hydrogen) atoms. The second-order valence-corrected chi connectivity index (χ2v) is 7.42. The fourth-order valence-electron chi connectivity index (χ4n) is 4.18. The number of carbonyl (C=O) groups excluding carboxylic acids is 2. The highest BCUT2D eigenvalue weighted by Gasteiger charge is 2.70. The van der Waals surface area contributed by atoms with Crippen LogP contribution in [0.5, 0.6) is 0 Å². The highest BCUT2D eigenvalue weighted by Crippen LogP contribution is 2.57. The van der Waals surface area contributed by atoms with Crippen molar-refractivity contribution in [2.75, 3.05) is 11.9 Å². The van der Waals surface area contributed by atoms with Crippen LogP contribution in [0.2, 0.25) is 0 Å². The van der Waals surface area contributed by atoms with E-state index in [1.807, 2.05) is 13.8 Å². The van der Waals surface area contributed by atoms with Crippen molar-refractivity contribution in [3.05, 3.63) is 29.8 Å². The Morgan fingerprint density at radius 1 is 1.29 bits per heavy atom. The van der Waals surface area contributed by atoms with Crippen molar-refractivity contribution in [2.24, 2.45) is 22.8 Å². The number of nitrogens with two attached hydrogens (primary N) is 2. The number of nitrogens with one attached hydrogen (secondary N) is 1. The maximum Gasteiger partial charge on any atom is 0.245 e. The van der Waals surface area contributed by atoms with Gasteiger partial charge in [0.1, 0.15) is 5.54 Å². The van der Waals surface area contributed by atoms with Gasteiger partial charge in [-0.1, -0.05) is 26.0 Å². The molecule has 3 atom stereocenters. The van der Waals surface area contributed by atoms with Gasteiger partial charge in [0.05, 0.1) is 12.5 Å². The number of hydrogen-bond acceptors (Lipinski definition) is 4. The van der Waals surface area contributed by atoms with Crippen molar-refractivity contribution in [1.82, 2.24) is 0 Å². The van der Waals surface area contributed by atoms with Gasteiger partial charge in [-0.15, -0.1) is 0 Å². The van der Waals surface area contributed by atoms with Gasteiger partial charge < -0.3 is 21.5 Å². The van der Waals surface area contributed by atoms with Gasteiger partial charge in [0, 0.05) is 23.6 Å². The number of primary amides is 1. The van der Waals surface area contributed by atoms with Crippen LogP contribution in [0.1, 0.15) is 32.3 Å². The number of anilines is 1. The molecule has 1 aromatic carbocycles. The number of ether oxygens (including phenoxy) is 1. The molecule has 1 saturated carbocycles. The van der Waals surface area contributed by atoms with E-state index in [0.717, 1.165) is 25.0 Å². The summed E-state index contributed by atoms with van der Waals surface area (Å²) in [6, 6.07) is 7.09. The zero-order chi connectivity index (χ0) is 17.5. The highest BCUT2D eigenvalue weighted by molar-refractivity contribution is 6.00. The van der Waals surface area contributed by atoms with Crippen LogP contribution in [0.4, 0.5) is 5.69 Å². The highest BCUT2D eigenvalue weighted by atomic mass is 16.5. The SMILES string of the molecule is CC1(C)C2OCCCC2C1(N)C(=O)Nc1ccc(CC(N)=O)cc1. The number of benzene rings is 1. The third-order valence-corrected chi connectivity index (χ3v) is 5.65. The lowest BCUT2D eigenvalue weighted by Gasteiger charge is -2.65. The quantitative estimate of drug-likeness (QED) is 0.770. The predicted molar refractivity (Wildman–Crippen MR) is 91.1 cm³/mol. The maximum atomic E-state index is 12.9. The monoisotopic (exact) mass is 331 g/mol. The van der Waals surface area contributed by atoms with E-state index in [2.05, 4.69) is 5.32 Å². The molecule has 2 aliphatic rings. The first-order valence-corrected chi connectivity index (χ1v) is 8.36. The molecule has 130 valence electrons. The molecule has 0 aromatic heterocycles. The Labute approximate surface area is 141 Å². The van der Waals surface area contributed by atoms with E-state index < -0.39 is 11.0 Å². The Balaban J connectivity index is 1.73. The van der Waals surface area contributed by atoms with Gasteiger partial charge in [0.15, 0.2) is 0 Å². The second kappa shape index (κ2) is 5.86. The molecule has 6 heteroatoms. The van der Waals surface area contributed by atoms with Crippen LogP contribution < -0.4 is 16.8 Å². The maximum absolute atomic E-state index is 12.9. The Kier molecular flexibility index (Phi) is 4.13. The number of carbonyl (C=O) groups is 2. The van der Waals surface area contributed by atoms with Crippen LogP contribution in [0.3, 0.4) is 0 Å². The van der Waals surface area contributed by atoms with Crippen LogP contribution >= 0.6 is 0 Å². The van der Waals surface area contributed by atoms with Crippen LogP contribution in [0, 0.1) is 11.3 Å². The van der Waals surface area contributed by atoms with Crippen LogP contribution in [0.25, 0.3) is 0 Å². The fourth-order valence-corrected chi connectivity index (χ4v) is 4.18. The Morgan fingerprint density at radius 2 is 1.96 bits per heavy atom. The summed E-state index contributed by atoms with van der Waals surface area (Å²) in [5.41, 5.74) is 11.9. The molecular weight excluding hydrogens is 306 g/mol. The summed E-state index contributed by atoms with van der Waals surface area (Å²) in [7, 11) is 0. The standard InChI is InChI=1S/C18H25N3O3/c1-17(2)15-13(4-3-9-24-15)18(17,20)16(23)21-12-7-5-11(6-8-12)10-14(19)22/h5-8,13,15H,3-4,9-10,20H2,1-2H3,(H2,19,22)(H,21,23). The van der Waals surface area contributed by atoms with E-state index >= 15 is 0 Å². The van der Waals surface area contributed by atoms with E-state index in [4.69, 9.17) is 16.2 Å². The minimum Gasteiger partial charge on any atom is -0.377 e. The molecule has 1 saturated heterocycles. The van der Waals surface area contributed by atoms with Crippen LogP contribution in [-0.4, -0.2) is 30.1 Å². The van der Waals surface area contributed by atoms with Crippen molar-refractivity contribution < 1.29 is 14.3 Å². The van der Waals surface area contributed by atoms with Gasteiger partial charge in [0.25, 0.3) is 0 Å². The Bertz CT molecular complexity index is 656. The predicted octanol–water partition coefficient (Wildman–Crippen LogP) is 1.19. The minimum atomic E-state index is -0.940. The summed E-state index contributed by atoms with van der Waals surface area (Å²) in [5, 5.41) is 2.92. The van der Waals surface area contributed by atoms with Gasteiger partial charge in [-0.2, -0.15) is 0 Å². The Hall–Kier alpha value is -1.92. The van der Waals surface area contributed by atoms with E-state index in [1.165, 1.54) is 0 Å². The zero-order valence-electron chi connectivity index (χ0n) is 14.2. The van der Waals surface area contributed by atoms with E-state index in [9.17, 15) is 9.59 Å². The van der Waals surface area contributed by atoms with Crippen molar-refractivity contribution in [3.63, 3.8) is 0 Å². The molecule has 2 amide bonds. The average Bonchev–Trinajstić information content (AvgIpc) is 2.55. The fraction of sp³-hybridized carbons (Fsp3) is 0.556. The third kappa shape index (κ3) is 2.50. The first kappa shape index (κ1) is 16.9. The smallest absolute Gasteiger partial charge is 0.245 e. The molecule has 1 heterocycles. The zero-order valence-corrected chi connectivity index (χ0v) is 14.2. The van der Waals surface area contributed by atoms with Crippen LogP contribution in [-0.2, 0) is 20.7 Å². The topological polar surface area (TPSA) is 107 Å². The summed E-state index contributed by atoms with van der Waals surface area (Å²) in [5.74, 6) is -0.510. The van der Waals surface area contributed by atoms with Gasteiger partial charge in [-0.05, 0) is 30.5 Å². The average molecular weight is 331 g/mol. The molecule has 2 fully saturated rings. The van der Waals surface area contributed by atoms with E-state index in [0.29, 0.717) is 5.69 Å². The van der Waals surface area contributed by atoms with Gasteiger partial charge in [0.2, 0.25) is 11.8 Å². The summed E-state index contributed by atoms with van der Waals surface area (Å²) < 4.78 is 5.84. The van der Waals surface area contributed by atoms with Crippen molar-refractivity contribution in [3.8, 4) is 0 Å². The lowest BCUT2D eigenvalue weighted by Crippen LogP contribution is -2.81. The molecule has 1 aliphatic heterocycles. The summed E-state index contributed by atoms with van der Waals surface area (Å²) in [4.78, 5) is 23.8. The number of rotatable bonds is 4. The van der Waals surface area contributed by atoms with Gasteiger partial charge in [-0.3, -0.25) is 9.59 Å². The van der Waals surface area contributed by atoms with Gasteiger partial charge in [-0.25, -0.2) is 0 Å². The van der Waals surface area contributed by atoms with E-state index in [1.54, 1.807) is 24.3 Å². The molecule has 3 unspecified atom stereocenters. The largest absolute Gasteiger partial charge is 0.377 e. The minimum absolute atomic E-state index is 0.0416. The summed E-state index contributed by atoms with van der Waals surface area (Å²) >= 11 is 0. The lowest BCUT2D eigenvalue weighted by molar-refractivity contribution is -0.222. The van der Waals surface area contributed by atoms with Crippen molar-refractivity contribution in [1.29, 1.82) is 0 Å². The molecule has 0 spiro atoms. The third-order valence-electron chi connectivity index (χ3n) is 5.65.